The van der Waals surface area contributed by atoms with Gasteiger partial charge in [-0.1, -0.05) is 0 Å². The number of alkyl halides is 3. The first-order chi connectivity index (χ1) is 10.3. The topological polar surface area (TPSA) is 74.4 Å². The zero-order valence-electron chi connectivity index (χ0n) is 11.4. The van der Waals surface area contributed by atoms with Crippen molar-refractivity contribution in [2.45, 2.75) is 18.3 Å². The fourth-order valence-electron chi connectivity index (χ4n) is 2.42. The lowest BCUT2D eigenvalue weighted by atomic mass is 10.0. The summed E-state index contributed by atoms with van der Waals surface area (Å²) in [7, 11) is 0. The second-order valence-corrected chi connectivity index (χ2v) is 5.44. The second-order valence-electron chi connectivity index (χ2n) is 5.44. The summed E-state index contributed by atoms with van der Waals surface area (Å²) in [5.74, 6) is -0.523. The van der Waals surface area contributed by atoms with E-state index in [9.17, 15) is 22.8 Å². The molecule has 3 heterocycles. The van der Waals surface area contributed by atoms with Crippen molar-refractivity contribution in [3.63, 3.8) is 0 Å². The number of likely N-dealkylation sites (tertiary alicyclic amines) is 1. The van der Waals surface area contributed by atoms with Gasteiger partial charge in [-0.05, 0) is 6.07 Å². The van der Waals surface area contributed by atoms with Gasteiger partial charge in [0.15, 0.2) is 0 Å². The van der Waals surface area contributed by atoms with Crippen LogP contribution in [0, 0.1) is 0 Å². The third kappa shape index (κ3) is 2.86. The van der Waals surface area contributed by atoms with E-state index in [4.69, 9.17) is 4.74 Å². The maximum absolute atomic E-state index is 12.7. The number of carbonyl (C=O) groups is 1. The number of hydrogen-bond donors (Lipinski definition) is 2. The predicted octanol–water partition coefficient (Wildman–Crippen LogP) is 0.206. The van der Waals surface area contributed by atoms with Crippen molar-refractivity contribution in [1.82, 2.24) is 15.2 Å². The molecule has 1 aromatic heterocycles. The van der Waals surface area contributed by atoms with Gasteiger partial charge in [0.1, 0.15) is 5.56 Å². The third-order valence-electron chi connectivity index (χ3n) is 3.73. The molecule has 9 heteroatoms. The number of pyridine rings is 1. The number of ether oxygens (including phenoxy) is 1. The fourth-order valence-corrected chi connectivity index (χ4v) is 2.42. The zero-order valence-corrected chi connectivity index (χ0v) is 11.4. The van der Waals surface area contributed by atoms with Gasteiger partial charge in [-0.2, -0.15) is 13.2 Å². The first kappa shape index (κ1) is 15.0. The summed E-state index contributed by atoms with van der Waals surface area (Å²) in [6.45, 7) is 2.13. The van der Waals surface area contributed by atoms with E-state index >= 15 is 0 Å². The summed E-state index contributed by atoms with van der Waals surface area (Å²) < 4.78 is 43.0. The van der Waals surface area contributed by atoms with Gasteiger partial charge in [0.05, 0.1) is 24.8 Å². The standard InChI is InChI=1S/C13H14F3N3O3/c14-13(15,16)10-1-7(2-17-11(10)20)12(21)19-3-8(4-19)18-9-5-22-6-9/h1-2,8-9,18H,3-6H2,(H,17,20). The Morgan fingerprint density at radius 2 is 2.00 bits per heavy atom. The number of halogens is 3. The number of aromatic nitrogens is 1. The van der Waals surface area contributed by atoms with E-state index in [2.05, 4.69) is 5.32 Å². The summed E-state index contributed by atoms with van der Waals surface area (Å²) in [5.41, 5.74) is -2.78. The van der Waals surface area contributed by atoms with Crippen LogP contribution in [0.1, 0.15) is 15.9 Å². The van der Waals surface area contributed by atoms with Crippen LogP contribution in [-0.2, 0) is 10.9 Å². The summed E-state index contributed by atoms with van der Waals surface area (Å²) in [4.78, 5) is 26.7. The highest BCUT2D eigenvalue weighted by Crippen LogP contribution is 2.27. The zero-order chi connectivity index (χ0) is 15.9. The molecule has 0 atom stereocenters. The summed E-state index contributed by atoms with van der Waals surface area (Å²) in [6, 6.07) is 1.01. The molecule has 0 spiro atoms. The van der Waals surface area contributed by atoms with Gasteiger partial charge in [-0.25, -0.2) is 0 Å². The van der Waals surface area contributed by atoms with E-state index in [1.807, 2.05) is 4.98 Å². The van der Waals surface area contributed by atoms with Crippen LogP contribution in [0.3, 0.4) is 0 Å². The lowest BCUT2D eigenvalue weighted by Gasteiger charge is -2.43. The van der Waals surface area contributed by atoms with Crippen molar-refractivity contribution >= 4 is 5.91 Å². The average molecular weight is 317 g/mol. The molecule has 2 fully saturated rings. The number of hydrogen-bond acceptors (Lipinski definition) is 4. The number of carbonyl (C=O) groups excluding carboxylic acids is 1. The van der Waals surface area contributed by atoms with Crippen LogP contribution in [0.5, 0.6) is 0 Å². The van der Waals surface area contributed by atoms with E-state index in [1.54, 1.807) is 0 Å². The minimum atomic E-state index is -4.78. The highest BCUT2D eigenvalue weighted by atomic mass is 19.4. The van der Waals surface area contributed by atoms with Gasteiger partial charge < -0.3 is 19.9 Å². The van der Waals surface area contributed by atoms with Crippen LogP contribution in [0.15, 0.2) is 17.1 Å². The predicted molar refractivity (Wildman–Crippen MR) is 69.5 cm³/mol. The van der Waals surface area contributed by atoms with Crippen LogP contribution in [0.2, 0.25) is 0 Å². The first-order valence-electron chi connectivity index (χ1n) is 6.77. The lowest BCUT2D eigenvalue weighted by molar-refractivity contribution is -0.138. The number of nitrogens with zero attached hydrogens (tertiary/aromatic N) is 1. The van der Waals surface area contributed by atoms with Crippen LogP contribution >= 0.6 is 0 Å². The molecule has 0 bridgehead atoms. The molecule has 0 aromatic carbocycles. The Morgan fingerprint density at radius 1 is 1.32 bits per heavy atom. The smallest absolute Gasteiger partial charge is 0.378 e. The molecule has 0 unspecified atom stereocenters. The molecule has 1 aromatic rings. The molecule has 2 aliphatic rings. The maximum Gasteiger partial charge on any atom is 0.421 e. The van der Waals surface area contributed by atoms with Gasteiger partial charge >= 0.3 is 6.18 Å². The van der Waals surface area contributed by atoms with E-state index in [-0.39, 0.29) is 17.6 Å². The maximum atomic E-state index is 12.7. The number of nitrogens with one attached hydrogen (secondary N) is 2. The number of amides is 1. The van der Waals surface area contributed by atoms with Crippen molar-refractivity contribution in [3.8, 4) is 0 Å². The Morgan fingerprint density at radius 3 is 2.55 bits per heavy atom. The second kappa shape index (κ2) is 5.40. The molecule has 6 nitrogen and oxygen atoms in total. The Hall–Kier alpha value is -1.87. The largest absolute Gasteiger partial charge is 0.421 e. The molecule has 0 radical (unpaired) electrons. The van der Waals surface area contributed by atoms with E-state index in [0.29, 0.717) is 32.4 Å². The Labute approximate surface area is 123 Å². The molecule has 3 rings (SSSR count). The quantitative estimate of drug-likeness (QED) is 0.836. The van der Waals surface area contributed by atoms with Gasteiger partial charge in [-0.15, -0.1) is 0 Å². The Balaban J connectivity index is 1.65. The molecule has 120 valence electrons. The lowest BCUT2D eigenvalue weighted by Crippen LogP contribution is -2.64. The highest BCUT2D eigenvalue weighted by molar-refractivity contribution is 5.94. The van der Waals surface area contributed by atoms with Crippen molar-refractivity contribution in [2.75, 3.05) is 26.3 Å². The van der Waals surface area contributed by atoms with Crippen LogP contribution in [0.25, 0.3) is 0 Å². The molecule has 22 heavy (non-hydrogen) atoms. The summed E-state index contributed by atoms with van der Waals surface area (Å²) >= 11 is 0. The van der Waals surface area contributed by atoms with Crippen molar-refractivity contribution in [1.29, 1.82) is 0 Å². The molecule has 2 saturated heterocycles. The minimum Gasteiger partial charge on any atom is -0.378 e. The number of H-pyrrole nitrogens is 1. The first-order valence-corrected chi connectivity index (χ1v) is 6.77. The fraction of sp³-hybridized carbons (Fsp3) is 0.538. The van der Waals surface area contributed by atoms with Crippen LogP contribution in [-0.4, -0.2) is 54.2 Å². The molecular formula is C13H14F3N3O3. The molecular weight excluding hydrogens is 303 g/mol. The van der Waals surface area contributed by atoms with Gasteiger partial charge in [0.2, 0.25) is 0 Å². The molecule has 2 aliphatic heterocycles. The van der Waals surface area contributed by atoms with Crippen molar-refractivity contribution < 1.29 is 22.7 Å². The summed E-state index contributed by atoms with van der Waals surface area (Å²) in [5, 5.41) is 3.28. The molecule has 1 amide bonds. The normalized spacial score (nSPS) is 19.7. The Bertz CT molecular complexity index is 633. The van der Waals surface area contributed by atoms with Crippen LogP contribution < -0.4 is 10.9 Å². The Kier molecular flexibility index (Phi) is 3.69. The van der Waals surface area contributed by atoms with Gasteiger partial charge in [-0.3, -0.25) is 9.59 Å². The average Bonchev–Trinajstić information content (AvgIpc) is 2.33. The van der Waals surface area contributed by atoms with Gasteiger partial charge in [0, 0.05) is 25.3 Å². The van der Waals surface area contributed by atoms with Crippen molar-refractivity contribution in [3.05, 3.63) is 33.7 Å². The van der Waals surface area contributed by atoms with E-state index in [0.717, 1.165) is 6.20 Å². The third-order valence-corrected chi connectivity index (χ3v) is 3.73. The molecule has 0 saturated carbocycles. The van der Waals surface area contributed by atoms with Crippen molar-refractivity contribution in [2.24, 2.45) is 0 Å². The van der Waals surface area contributed by atoms with Gasteiger partial charge in [0.25, 0.3) is 11.5 Å². The SMILES string of the molecule is O=C(c1c[nH]c(=O)c(C(F)(F)F)c1)N1CC(NC2COC2)C1. The molecule has 0 aliphatic carbocycles. The van der Waals surface area contributed by atoms with E-state index in [1.165, 1.54) is 4.90 Å². The molecule has 2 N–H and O–H groups in total. The number of rotatable bonds is 3. The highest BCUT2D eigenvalue weighted by Gasteiger charge is 2.37. The number of aromatic amines is 1. The minimum absolute atomic E-state index is 0.127. The van der Waals surface area contributed by atoms with Crippen LogP contribution in [0.4, 0.5) is 13.2 Å². The summed E-state index contributed by atoms with van der Waals surface area (Å²) in [6.07, 6.45) is -3.77. The van der Waals surface area contributed by atoms with E-state index < -0.39 is 23.2 Å². The monoisotopic (exact) mass is 317 g/mol.